The summed E-state index contributed by atoms with van der Waals surface area (Å²) >= 11 is 0. The molecule has 0 unspecified atom stereocenters. The molecule has 5 nitrogen and oxygen atoms in total. The molecule has 2 aliphatic rings. The Kier molecular flexibility index (Phi) is 3.79. The molecule has 1 atom stereocenters. The van der Waals surface area contributed by atoms with E-state index in [0.29, 0.717) is 31.1 Å². The molecule has 118 valence electrons. The van der Waals surface area contributed by atoms with E-state index in [-0.39, 0.29) is 11.7 Å². The quantitative estimate of drug-likeness (QED) is 0.851. The second-order valence-corrected chi connectivity index (χ2v) is 6.07. The minimum absolute atomic E-state index is 0.147. The van der Waals surface area contributed by atoms with Gasteiger partial charge >= 0.3 is 0 Å². The van der Waals surface area contributed by atoms with Gasteiger partial charge in [0.25, 0.3) is 0 Å². The lowest BCUT2D eigenvalue weighted by atomic mass is 9.82. The first-order valence-electron chi connectivity index (χ1n) is 8.08. The zero-order valence-electron chi connectivity index (χ0n) is 12.9. The number of morpholine rings is 1. The molecule has 1 aliphatic carbocycles. The van der Waals surface area contributed by atoms with Crippen molar-refractivity contribution >= 4 is 11.7 Å². The van der Waals surface area contributed by atoms with Gasteiger partial charge in [0.15, 0.2) is 5.78 Å². The minimum Gasteiger partial charge on any atom is -0.378 e. The van der Waals surface area contributed by atoms with Gasteiger partial charge in [-0.25, -0.2) is 9.97 Å². The fraction of sp³-hybridized carbons (Fsp3) is 0.389. The lowest BCUT2D eigenvalue weighted by Crippen LogP contribution is -2.37. The van der Waals surface area contributed by atoms with Gasteiger partial charge in [-0.1, -0.05) is 30.3 Å². The van der Waals surface area contributed by atoms with E-state index >= 15 is 0 Å². The number of fused-ring (bicyclic) bond motifs is 1. The van der Waals surface area contributed by atoms with Crippen LogP contribution in [0.5, 0.6) is 0 Å². The molecule has 0 bridgehead atoms. The molecule has 1 aromatic heterocycles. The van der Waals surface area contributed by atoms with Crippen molar-refractivity contribution in [2.45, 2.75) is 18.8 Å². The summed E-state index contributed by atoms with van der Waals surface area (Å²) in [5.74, 6) is 1.07. The van der Waals surface area contributed by atoms with Crippen LogP contribution in [0.15, 0.2) is 36.5 Å². The van der Waals surface area contributed by atoms with E-state index in [0.717, 1.165) is 25.2 Å². The third kappa shape index (κ3) is 2.84. The number of benzene rings is 1. The fourth-order valence-corrected chi connectivity index (χ4v) is 3.31. The van der Waals surface area contributed by atoms with Gasteiger partial charge in [-0.2, -0.15) is 0 Å². The van der Waals surface area contributed by atoms with Crippen molar-refractivity contribution in [2.24, 2.45) is 0 Å². The van der Waals surface area contributed by atoms with Crippen LogP contribution in [0.2, 0.25) is 0 Å². The van der Waals surface area contributed by atoms with Crippen molar-refractivity contribution in [2.75, 3.05) is 31.2 Å². The number of anilines is 1. The van der Waals surface area contributed by atoms with Crippen LogP contribution in [0.1, 0.15) is 34.0 Å². The van der Waals surface area contributed by atoms with Crippen molar-refractivity contribution in [3.63, 3.8) is 0 Å². The Morgan fingerprint density at radius 2 is 1.87 bits per heavy atom. The SMILES string of the molecule is O=C1C[C@@H](c2ccccc2)Cc2nc(N3CCOCC3)ncc21. The van der Waals surface area contributed by atoms with Gasteiger partial charge in [-0.05, 0) is 17.9 Å². The van der Waals surface area contributed by atoms with Gasteiger partial charge in [0, 0.05) is 25.7 Å². The Morgan fingerprint density at radius 1 is 1.09 bits per heavy atom. The summed E-state index contributed by atoms with van der Waals surface area (Å²) in [6, 6.07) is 10.2. The molecule has 23 heavy (non-hydrogen) atoms. The van der Waals surface area contributed by atoms with E-state index in [4.69, 9.17) is 9.72 Å². The maximum Gasteiger partial charge on any atom is 0.225 e. The van der Waals surface area contributed by atoms with Gasteiger partial charge in [0.2, 0.25) is 5.95 Å². The smallest absolute Gasteiger partial charge is 0.225 e. The summed E-state index contributed by atoms with van der Waals surface area (Å²) < 4.78 is 5.37. The number of ether oxygens (including phenoxy) is 1. The zero-order valence-corrected chi connectivity index (χ0v) is 12.9. The Balaban J connectivity index is 1.63. The first kappa shape index (κ1) is 14.3. The summed E-state index contributed by atoms with van der Waals surface area (Å²) in [6.45, 7) is 3.00. The van der Waals surface area contributed by atoms with Crippen molar-refractivity contribution in [1.29, 1.82) is 0 Å². The predicted octanol–water partition coefficient (Wildman–Crippen LogP) is 2.23. The number of carbonyl (C=O) groups is 1. The van der Waals surface area contributed by atoms with Crippen LogP contribution in [-0.4, -0.2) is 42.1 Å². The Hall–Kier alpha value is -2.27. The van der Waals surface area contributed by atoms with Crippen molar-refractivity contribution < 1.29 is 9.53 Å². The number of nitrogens with zero attached hydrogens (tertiary/aromatic N) is 3. The molecule has 2 aromatic rings. The third-order valence-corrected chi connectivity index (χ3v) is 4.59. The lowest BCUT2D eigenvalue weighted by molar-refractivity contribution is 0.0962. The number of hydrogen-bond acceptors (Lipinski definition) is 5. The average molecular weight is 309 g/mol. The van der Waals surface area contributed by atoms with E-state index in [9.17, 15) is 4.79 Å². The molecule has 0 radical (unpaired) electrons. The molecule has 2 heterocycles. The Labute approximate surface area is 135 Å². The highest BCUT2D eigenvalue weighted by molar-refractivity contribution is 5.98. The van der Waals surface area contributed by atoms with E-state index in [1.807, 2.05) is 18.2 Å². The first-order chi connectivity index (χ1) is 11.3. The van der Waals surface area contributed by atoms with Crippen LogP contribution in [0.25, 0.3) is 0 Å². The van der Waals surface area contributed by atoms with Crippen LogP contribution in [0.4, 0.5) is 5.95 Å². The molecule has 0 N–H and O–H groups in total. The molecule has 4 rings (SSSR count). The second-order valence-electron chi connectivity index (χ2n) is 6.07. The topological polar surface area (TPSA) is 55.3 Å². The minimum atomic E-state index is 0.147. The fourth-order valence-electron chi connectivity index (χ4n) is 3.31. The summed E-state index contributed by atoms with van der Waals surface area (Å²) in [5.41, 5.74) is 2.78. The number of hydrogen-bond donors (Lipinski definition) is 0. The van der Waals surface area contributed by atoms with Gasteiger partial charge in [-0.3, -0.25) is 4.79 Å². The van der Waals surface area contributed by atoms with E-state index in [1.165, 1.54) is 5.56 Å². The molecule has 1 saturated heterocycles. The maximum atomic E-state index is 12.4. The van der Waals surface area contributed by atoms with Gasteiger partial charge in [-0.15, -0.1) is 0 Å². The van der Waals surface area contributed by atoms with E-state index < -0.39 is 0 Å². The van der Waals surface area contributed by atoms with Crippen molar-refractivity contribution in [3.05, 3.63) is 53.3 Å². The molecule has 1 aliphatic heterocycles. The first-order valence-corrected chi connectivity index (χ1v) is 8.08. The number of rotatable bonds is 2. The largest absolute Gasteiger partial charge is 0.378 e. The maximum absolute atomic E-state index is 12.4. The average Bonchev–Trinajstić information content (AvgIpc) is 2.63. The van der Waals surface area contributed by atoms with Crippen molar-refractivity contribution in [3.8, 4) is 0 Å². The van der Waals surface area contributed by atoms with E-state index in [2.05, 4.69) is 22.0 Å². The Bertz CT molecular complexity index is 711. The summed E-state index contributed by atoms with van der Waals surface area (Å²) in [6.07, 6.45) is 3.04. The monoisotopic (exact) mass is 309 g/mol. The van der Waals surface area contributed by atoms with Gasteiger partial charge in [0.1, 0.15) is 0 Å². The standard InChI is InChI=1S/C18H19N3O2/c22-17-11-14(13-4-2-1-3-5-13)10-16-15(17)12-19-18(20-16)21-6-8-23-9-7-21/h1-5,12,14H,6-11H2/t14-/m0/s1. The highest BCUT2D eigenvalue weighted by atomic mass is 16.5. The molecule has 0 amide bonds. The van der Waals surface area contributed by atoms with Crippen molar-refractivity contribution in [1.82, 2.24) is 9.97 Å². The zero-order chi connectivity index (χ0) is 15.6. The van der Waals surface area contributed by atoms with Crippen LogP contribution in [0, 0.1) is 0 Å². The molecule has 0 saturated carbocycles. The molecule has 0 spiro atoms. The molecular weight excluding hydrogens is 290 g/mol. The number of aromatic nitrogens is 2. The van der Waals surface area contributed by atoms with E-state index in [1.54, 1.807) is 6.20 Å². The number of Topliss-reactive ketones (excluding diaryl/α,β-unsaturated/α-hetero) is 1. The summed E-state index contributed by atoms with van der Waals surface area (Å²) in [7, 11) is 0. The van der Waals surface area contributed by atoms with Crippen LogP contribution in [0.3, 0.4) is 0 Å². The highest BCUT2D eigenvalue weighted by Gasteiger charge is 2.28. The molecule has 1 fully saturated rings. The number of carbonyl (C=O) groups excluding carboxylic acids is 1. The number of ketones is 1. The summed E-state index contributed by atoms with van der Waals surface area (Å²) in [4.78, 5) is 23.7. The molecular formula is C18H19N3O2. The van der Waals surface area contributed by atoms with Gasteiger partial charge in [0.05, 0.1) is 24.5 Å². The van der Waals surface area contributed by atoms with Gasteiger partial charge < -0.3 is 9.64 Å². The molecule has 1 aromatic carbocycles. The summed E-state index contributed by atoms with van der Waals surface area (Å²) in [5, 5.41) is 0. The Morgan fingerprint density at radius 3 is 2.65 bits per heavy atom. The second kappa shape index (κ2) is 6.08. The van der Waals surface area contributed by atoms with Crippen LogP contribution in [-0.2, 0) is 11.2 Å². The third-order valence-electron chi connectivity index (χ3n) is 4.59. The molecule has 5 heteroatoms. The lowest BCUT2D eigenvalue weighted by Gasteiger charge is -2.28. The van der Waals surface area contributed by atoms with Crippen LogP contribution < -0.4 is 4.90 Å². The predicted molar refractivity (Wildman–Crippen MR) is 86.9 cm³/mol. The van der Waals surface area contributed by atoms with Crippen LogP contribution >= 0.6 is 0 Å². The normalized spacial score (nSPS) is 21.1. The highest BCUT2D eigenvalue weighted by Crippen LogP contribution is 2.32.